The molecule has 0 saturated carbocycles. The molecular formula is C17H17N3O2. The number of allylic oxidation sites excluding steroid dienone is 1. The second-order valence-electron chi connectivity index (χ2n) is 6.27. The number of nitrogens with zero attached hydrogens (tertiary/aromatic N) is 2. The summed E-state index contributed by atoms with van der Waals surface area (Å²) in [5, 5.41) is 13.1. The number of aromatic nitrogens is 1. The first-order valence-corrected chi connectivity index (χ1v) is 7.11. The highest BCUT2D eigenvalue weighted by atomic mass is 16.6. The number of nitriles is 1. The Balaban J connectivity index is 1.90. The number of ether oxygens (including phenoxy) is 1. The molecule has 0 radical (unpaired) electrons. The first-order chi connectivity index (χ1) is 10.4. The second-order valence-corrected chi connectivity index (χ2v) is 6.27. The van der Waals surface area contributed by atoms with E-state index >= 15 is 0 Å². The molecule has 0 fully saturated rings. The third-order valence-electron chi connectivity index (χ3n) is 3.42. The molecule has 5 heteroatoms. The van der Waals surface area contributed by atoms with Crippen molar-refractivity contribution < 1.29 is 9.53 Å². The zero-order chi connectivity index (χ0) is 15.9. The molecule has 5 nitrogen and oxygen atoms in total. The van der Waals surface area contributed by atoms with Gasteiger partial charge < -0.3 is 9.30 Å². The minimum atomic E-state index is -0.539. The number of carbonyl (C=O) groups excluding carboxylic acids is 1. The van der Waals surface area contributed by atoms with E-state index in [1.165, 1.54) is 0 Å². The van der Waals surface area contributed by atoms with Gasteiger partial charge in [-0.15, -0.1) is 0 Å². The smallest absolute Gasteiger partial charge is 0.411 e. The summed E-state index contributed by atoms with van der Waals surface area (Å²) in [4.78, 5) is 11.9. The Morgan fingerprint density at radius 3 is 2.77 bits per heavy atom. The van der Waals surface area contributed by atoms with E-state index < -0.39 is 11.7 Å². The van der Waals surface area contributed by atoms with Crippen LogP contribution in [0.15, 0.2) is 30.0 Å². The number of alkyl carbamates (subject to hydrolysis) is 1. The summed E-state index contributed by atoms with van der Waals surface area (Å²) in [6.07, 6.45) is 1.36. The van der Waals surface area contributed by atoms with Gasteiger partial charge in [-0.1, -0.05) is 18.2 Å². The highest BCUT2D eigenvalue weighted by Crippen LogP contribution is 2.31. The van der Waals surface area contributed by atoms with Crippen LogP contribution in [-0.2, 0) is 11.3 Å². The molecule has 1 amide bonds. The van der Waals surface area contributed by atoms with E-state index in [-0.39, 0.29) is 0 Å². The molecular weight excluding hydrogens is 278 g/mol. The monoisotopic (exact) mass is 295 g/mol. The average Bonchev–Trinajstić information content (AvgIpc) is 2.92. The number of nitrogens with one attached hydrogen (secondary N) is 1. The van der Waals surface area contributed by atoms with Gasteiger partial charge in [-0.05, 0) is 32.9 Å². The zero-order valence-corrected chi connectivity index (χ0v) is 12.8. The molecule has 1 aliphatic rings. The van der Waals surface area contributed by atoms with Gasteiger partial charge in [0.1, 0.15) is 11.7 Å². The normalized spacial score (nSPS) is 13.5. The highest BCUT2D eigenvalue weighted by molar-refractivity contribution is 5.92. The molecule has 1 aliphatic heterocycles. The molecule has 0 bridgehead atoms. The maximum Gasteiger partial charge on any atom is 0.411 e. The standard InChI is InChI=1S/C17H17N3O2/c1-17(2,3)22-16(21)19-11-8-15-13(9-18)12-6-4-5-7-14(12)20(15)10-11/h4-8H,10H2,1-3H3,(H,19,21). The molecule has 2 aromatic rings. The number of benzene rings is 1. The van der Waals surface area contributed by atoms with E-state index in [1.54, 1.807) is 0 Å². The molecule has 0 saturated heterocycles. The molecule has 0 aliphatic carbocycles. The van der Waals surface area contributed by atoms with Crippen LogP contribution in [0.5, 0.6) is 0 Å². The van der Waals surface area contributed by atoms with Crippen molar-refractivity contribution in [3.8, 4) is 6.07 Å². The fraction of sp³-hybridized carbons (Fsp3) is 0.294. The van der Waals surface area contributed by atoms with Gasteiger partial charge in [0, 0.05) is 11.1 Å². The van der Waals surface area contributed by atoms with E-state index in [2.05, 4.69) is 11.4 Å². The number of hydrogen-bond acceptors (Lipinski definition) is 3. The van der Waals surface area contributed by atoms with Crippen LogP contribution in [0.1, 0.15) is 32.0 Å². The van der Waals surface area contributed by atoms with E-state index in [4.69, 9.17) is 4.74 Å². The molecule has 112 valence electrons. The Bertz CT molecular complexity index is 832. The zero-order valence-electron chi connectivity index (χ0n) is 12.8. The average molecular weight is 295 g/mol. The molecule has 1 aromatic heterocycles. The van der Waals surface area contributed by atoms with Gasteiger partial charge in [-0.25, -0.2) is 4.79 Å². The Hall–Kier alpha value is -2.74. The summed E-state index contributed by atoms with van der Waals surface area (Å²) in [5.41, 5.74) is 2.65. The summed E-state index contributed by atoms with van der Waals surface area (Å²) < 4.78 is 7.28. The van der Waals surface area contributed by atoms with Crippen LogP contribution >= 0.6 is 0 Å². The van der Waals surface area contributed by atoms with Gasteiger partial charge in [0.15, 0.2) is 0 Å². The second kappa shape index (κ2) is 4.92. The topological polar surface area (TPSA) is 67.0 Å². The van der Waals surface area contributed by atoms with Gasteiger partial charge in [-0.3, -0.25) is 5.32 Å². The first-order valence-electron chi connectivity index (χ1n) is 7.11. The number of para-hydroxylation sites is 1. The fourth-order valence-corrected chi connectivity index (χ4v) is 2.65. The SMILES string of the molecule is CC(C)(C)OC(=O)NC1=Cc2c(C#N)c3ccccc3n2C1. The van der Waals surface area contributed by atoms with Crippen LogP contribution in [0.2, 0.25) is 0 Å². The molecule has 0 spiro atoms. The minimum absolute atomic E-state index is 0.479. The largest absolute Gasteiger partial charge is 0.444 e. The van der Waals surface area contributed by atoms with Gasteiger partial charge in [0.2, 0.25) is 0 Å². The Morgan fingerprint density at radius 1 is 1.36 bits per heavy atom. The third-order valence-corrected chi connectivity index (χ3v) is 3.42. The van der Waals surface area contributed by atoms with Crippen molar-refractivity contribution in [2.45, 2.75) is 32.9 Å². The predicted octanol–water partition coefficient (Wildman–Crippen LogP) is 3.39. The van der Waals surface area contributed by atoms with E-state index in [0.717, 1.165) is 22.3 Å². The highest BCUT2D eigenvalue weighted by Gasteiger charge is 2.23. The van der Waals surface area contributed by atoms with Gasteiger partial charge in [-0.2, -0.15) is 5.26 Å². The lowest BCUT2D eigenvalue weighted by atomic mass is 10.1. The Morgan fingerprint density at radius 2 is 2.09 bits per heavy atom. The van der Waals surface area contributed by atoms with Crippen molar-refractivity contribution in [3.63, 3.8) is 0 Å². The molecule has 1 aromatic carbocycles. The van der Waals surface area contributed by atoms with Crippen molar-refractivity contribution in [1.82, 2.24) is 9.88 Å². The van der Waals surface area contributed by atoms with Crippen LogP contribution < -0.4 is 5.32 Å². The van der Waals surface area contributed by atoms with Gasteiger partial charge >= 0.3 is 6.09 Å². The lowest BCUT2D eigenvalue weighted by molar-refractivity contribution is 0.0545. The predicted molar refractivity (Wildman–Crippen MR) is 84.0 cm³/mol. The molecule has 1 N–H and O–H groups in total. The maximum absolute atomic E-state index is 11.9. The molecule has 0 unspecified atom stereocenters. The van der Waals surface area contributed by atoms with Crippen molar-refractivity contribution in [2.75, 3.05) is 0 Å². The quantitative estimate of drug-likeness (QED) is 0.876. The lowest BCUT2D eigenvalue weighted by Crippen LogP contribution is -2.32. The Kier molecular flexibility index (Phi) is 3.18. The summed E-state index contributed by atoms with van der Waals surface area (Å²) >= 11 is 0. The van der Waals surface area contributed by atoms with Gasteiger partial charge in [0.25, 0.3) is 0 Å². The van der Waals surface area contributed by atoms with Crippen molar-refractivity contribution in [3.05, 3.63) is 41.2 Å². The van der Waals surface area contributed by atoms with Crippen LogP contribution in [-0.4, -0.2) is 16.3 Å². The molecule has 0 atom stereocenters. The fourth-order valence-electron chi connectivity index (χ4n) is 2.65. The first kappa shape index (κ1) is 14.2. The molecule has 3 rings (SSSR count). The van der Waals surface area contributed by atoms with E-state index in [1.807, 2.05) is 55.7 Å². The number of hydrogen-bond donors (Lipinski definition) is 1. The minimum Gasteiger partial charge on any atom is -0.444 e. The van der Waals surface area contributed by atoms with Crippen molar-refractivity contribution in [1.29, 1.82) is 5.26 Å². The number of rotatable bonds is 1. The number of carbonyl (C=O) groups is 1. The summed E-state index contributed by atoms with van der Waals surface area (Å²) in [5.74, 6) is 0. The molecule has 2 heterocycles. The van der Waals surface area contributed by atoms with Crippen molar-refractivity contribution >= 4 is 23.1 Å². The Labute approximate surface area is 128 Å². The van der Waals surface area contributed by atoms with Gasteiger partial charge in [0.05, 0.1) is 23.3 Å². The lowest BCUT2D eigenvalue weighted by Gasteiger charge is -2.20. The number of amides is 1. The summed E-state index contributed by atoms with van der Waals surface area (Å²) in [6.45, 7) is 5.98. The molecule has 22 heavy (non-hydrogen) atoms. The third kappa shape index (κ3) is 2.44. The maximum atomic E-state index is 11.9. The summed E-state index contributed by atoms with van der Waals surface area (Å²) in [6, 6.07) is 10.0. The van der Waals surface area contributed by atoms with Crippen LogP contribution in [0.3, 0.4) is 0 Å². The van der Waals surface area contributed by atoms with E-state index in [0.29, 0.717) is 12.1 Å². The summed E-state index contributed by atoms with van der Waals surface area (Å²) in [7, 11) is 0. The van der Waals surface area contributed by atoms with Crippen LogP contribution in [0.4, 0.5) is 4.79 Å². The van der Waals surface area contributed by atoms with Crippen LogP contribution in [0.25, 0.3) is 17.0 Å². The van der Waals surface area contributed by atoms with Crippen LogP contribution in [0, 0.1) is 11.3 Å². The van der Waals surface area contributed by atoms with Crippen molar-refractivity contribution in [2.24, 2.45) is 0 Å². The van der Waals surface area contributed by atoms with E-state index in [9.17, 15) is 10.1 Å². The number of fused-ring (bicyclic) bond motifs is 3.